The van der Waals surface area contributed by atoms with Crippen molar-refractivity contribution in [1.82, 2.24) is 19.4 Å². The van der Waals surface area contributed by atoms with Gasteiger partial charge in [-0.3, -0.25) is 14.7 Å². The lowest BCUT2D eigenvalue weighted by Crippen LogP contribution is -2.50. The Bertz CT molecular complexity index is 998. The van der Waals surface area contributed by atoms with Crippen molar-refractivity contribution in [2.75, 3.05) is 37.4 Å². The average molecular weight is 408 g/mol. The Balaban J connectivity index is 1.61. The van der Waals surface area contributed by atoms with Gasteiger partial charge in [-0.1, -0.05) is 0 Å². The van der Waals surface area contributed by atoms with E-state index in [2.05, 4.69) is 51.8 Å². The molecule has 1 N–H and O–H groups in total. The summed E-state index contributed by atoms with van der Waals surface area (Å²) in [5.74, 6) is 2.16. The molecule has 8 heteroatoms. The Hall–Kier alpha value is -2.87. The molecular weight excluding hydrogens is 378 g/mol. The molecule has 3 atom stereocenters. The normalized spacial score (nSPS) is 26.1. The molecule has 0 bridgehead atoms. The lowest BCUT2D eigenvalue weighted by molar-refractivity contribution is 0.0866. The van der Waals surface area contributed by atoms with Crippen LogP contribution in [0.3, 0.4) is 0 Å². The van der Waals surface area contributed by atoms with Gasteiger partial charge in [-0.15, -0.1) is 0 Å². The zero-order valence-electron chi connectivity index (χ0n) is 18.0. The van der Waals surface area contributed by atoms with Crippen molar-refractivity contribution in [3.05, 3.63) is 36.3 Å². The molecule has 5 rings (SSSR count). The second kappa shape index (κ2) is 7.12. The minimum absolute atomic E-state index is 0.0138. The second-order valence-electron chi connectivity index (χ2n) is 8.81. The van der Waals surface area contributed by atoms with Crippen molar-refractivity contribution in [2.24, 2.45) is 10.9 Å². The SMILES string of the molecule is CC1N=C2N(C)C(=O)c3c(cn(CC4CCN(C)C4)c3Nc3ccncc3)N2C1C. The van der Waals surface area contributed by atoms with E-state index >= 15 is 0 Å². The van der Waals surface area contributed by atoms with Crippen molar-refractivity contribution >= 4 is 29.1 Å². The molecule has 0 aliphatic carbocycles. The summed E-state index contributed by atoms with van der Waals surface area (Å²) in [6.45, 7) is 7.36. The van der Waals surface area contributed by atoms with Gasteiger partial charge < -0.3 is 19.7 Å². The van der Waals surface area contributed by atoms with Crippen LogP contribution in [0.4, 0.5) is 17.2 Å². The van der Waals surface area contributed by atoms with Crippen LogP contribution in [0.2, 0.25) is 0 Å². The Morgan fingerprint density at radius 2 is 1.97 bits per heavy atom. The zero-order valence-corrected chi connectivity index (χ0v) is 18.0. The fourth-order valence-electron chi connectivity index (χ4n) is 4.82. The third-order valence-electron chi connectivity index (χ3n) is 6.66. The number of aromatic nitrogens is 2. The van der Waals surface area contributed by atoms with Crippen LogP contribution in [0.15, 0.2) is 35.7 Å². The van der Waals surface area contributed by atoms with Gasteiger partial charge >= 0.3 is 0 Å². The first-order chi connectivity index (χ1) is 14.4. The summed E-state index contributed by atoms with van der Waals surface area (Å²) < 4.78 is 2.24. The maximum atomic E-state index is 13.4. The highest BCUT2D eigenvalue weighted by Gasteiger charge is 2.44. The number of carbonyl (C=O) groups excluding carboxylic acids is 1. The molecule has 3 aliphatic heterocycles. The van der Waals surface area contributed by atoms with E-state index < -0.39 is 0 Å². The smallest absolute Gasteiger partial charge is 0.266 e. The van der Waals surface area contributed by atoms with Crippen LogP contribution in [-0.4, -0.2) is 70.5 Å². The van der Waals surface area contributed by atoms with Gasteiger partial charge in [0.1, 0.15) is 11.4 Å². The standard InChI is InChI=1S/C22H29N7O/c1-14-15(2)29-18-13-28(12-16-7-10-26(3)11-16)20(25-17-5-8-23-9-6-17)19(18)21(30)27(4)22(29)24-14/h5-6,8-9,13-16H,7,10-12H2,1-4H3,(H,23,25). The number of likely N-dealkylation sites (tertiary alicyclic amines) is 1. The Morgan fingerprint density at radius 1 is 1.20 bits per heavy atom. The van der Waals surface area contributed by atoms with Crippen LogP contribution in [0.5, 0.6) is 0 Å². The Labute approximate surface area is 177 Å². The molecule has 0 radical (unpaired) electrons. The summed E-state index contributed by atoms with van der Waals surface area (Å²) in [6.07, 6.45) is 6.84. The van der Waals surface area contributed by atoms with E-state index in [9.17, 15) is 4.79 Å². The van der Waals surface area contributed by atoms with E-state index in [0.717, 1.165) is 48.3 Å². The van der Waals surface area contributed by atoms with Gasteiger partial charge in [0.25, 0.3) is 5.91 Å². The molecule has 3 unspecified atom stereocenters. The van der Waals surface area contributed by atoms with Gasteiger partial charge in [0, 0.05) is 44.4 Å². The molecule has 0 spiro atoms. The van der Waals surface area contributed by atoms with Crippen LogP contribution in [0, 0.1) is 5.92 Å². The minimum Gasteiger partial charge on any atom is -0.341 e. The van der Waals surface area contributed by atoms with E-state index in [1.165, 1.54) is 6.42 Å². The highest BCUT2D eigenvalue weighted by Crippen LogP contribution is 2.41. The summed E-state index contributed by atoms with van der Waals surface area (Å²) in [6, 6.07) is 4.20. The van der Waals surface area contributed by atoms with E-state index in [-0.39, 0.29) is 18.0 Å². The van der Waals surface area contributed by atoms with E-state index in [1.807, 2.05) is 19.2 Å². The molecule has 2 aromatic heterocycles. The summed E-state index contributed by atoms with van der Waals surface area (Å²) in [7, 11) is 3.99. The number of aliphatic imine (C=N–C) groups is 1. The van der Waals surface area contributed by atoms with Gasteiger partial charge in [0.2, 0.25) is 5.96 Å². The largest absolute Gasteiger partial charge is 0.341 e. The molecule has 5 heterocycles. The van der Waals surface area contributed by atoms with Crippen molar-refractivity contribution in [2.45, 2.75) is 38.9 Å². The van der Waals surface area contributed by atoms with Crippen LogP contribution in [-0.2, 0) is 6.54 Å². The first-order valence-corrected chi connectivity index (χ1v) is 10.7. The Kier molecular flexibility index (Phi) is 4.54. The fourth-order valence-corrected chi connectivity index (χ4v) is 4.82. The third kappa shape index (κ3) is 2.98. The second-order valence-corrected chi connectivity index (χ2v) is 8.81. The predicted octanol–water partition coefficient (Wildman–Crippen LogP) is 2.62. The maximum Gasteiger partial charge on any atom is 0.266 e. The number of nitrogens with zero attached hydrogens (tertiary/aromatic N) is 6. The topological polar surface area (TPSA) is 69.0 Å². The summed E-state index contributed by atoms with van der Waals surface area (Å²) in [5.41, 5.74) is 2.60. The average Bonchev–Trinajstić information content (AvgIpc) is 3.38. The number of carbonyl (C=O) groups is 1. The van der Waals surface area contributed by atoms with Gasteiger partial charge in [-0.2, -0.15) is 0 Å². The van der Waals surface area contributed by atoms with Gasteiger partial charge in [0.05, 0.1) is 17.8 Å². The molecular formula is C22H29N7O. The number of amides is 1. The monoisotopic (exact) mass is 407 g/mol. The van der Waals surface area contributed by atoms with Crippen LogP contribution < -0.4 is 10.2 Å². The van der Waals surface area contributed by atoms with Gasteiger partial charge in [-0.05, 0) is 51.9 Å². The summed E-state index contributed by atoms with van der Waals surface area (Å²) in [4.78, 5) is 28.6. The fraction of sp³-hybridized carbons (Fsp3) is 0.500. The molecule has 1 amide bonds. The summed E-state index contributed by atoms with van der Waals surface area (Å²) in [5, 5.41) is 3.52. The molecule has 1 saturated heterocycles. The predicted molar refractivity (Wildman–Crippen MR) is 118 cm³/mol. The lowest BCUT2D eigenvalue weighted by atomic mass is 10.1. The van der Waals surface area contributed by atoms with Gasteiger partial charge in [0.15, 0.2) is 0 Å². The number of hydrogen-bond acceptors (Lipinski definition) is 6. The lowest BCUT2D eigenvalue weighted by Gasteiger charge is -2.34. The van der Waals surface area contributed by atoms with Gasteiger partial charge in [-0.25, -0.2) is 4.99 Å². The number of nitrogens with one attached hydrogen (secondary N) is 1. The number of rotatable bonds is 4. The molecule has 2 aromatic rings. The number of hydrogen-bond donors (Lipinski definition) is 1. The number of pyridine rings is 1. The maximum absolute atomic E-state index is 13.4. The highest BCUT2D eigenvalue weighted by molar-refractivity contribution is 6.21. The number of anilines is 3. The summed E-state index contributed by atoms with van der Waals surface area (Å²) >= 11 is 0. The van der Waals surface area contributed by atoms with Crippen LogP contribution >= 0.6 is 0 Å². The Morgan fingerprint density at radius 3 is 2.67 bits per heavy atom. The van der Waals surface area contributed by atoms with E-state index in [1.54, 1.807) is 17.3 Å². The third-order valence-corrected chi connectivity index (χ3v) is 6.66. The number of fused-ring (bicyclic) bond motifs is 3. The van der Waals surface area contributed by atoms with Crippen molar-refractivity contribution in [1.29, 1.82) is 0 Å². The van der Waals surface area contributed by atoms with Crippen molar-refractivity contribution in [3.63, 3.8) is 0 Å². The van der Waals surface area contributed by atoms with E-state index in [0.29, 0.717) is 5.92 Å². The first-order valence-electron chi connectivity index (χ1n) is 10.7. The molecule has 0 saturated carbocycles. The number of guanidine groups is 1. The molecule has 3 aliphatic rings. The molecule has 158 valence electrons. The molecule has 30 heavy (non-hydrogen) atoms. The van der Waals surface area contributed by atoms with Crippen LogP contribution in [0.25, 0.3) is 0 Å². The van der Waals surface area contributed by atoms with Crippen molar-refractivity contribution < 1.29 is 4.79 Å². The van der Waals surface area contributed by atoms with E-state index in [4.69, 9.17) is 4.99 Å². The minimum atomic E-state index is -0.0138. The zero-order chi connectivity index (χ0) is 21.0. The van der Waals surface area contributed by atoms with Crippen LogP contribution in [0.1, 0.15) is 30.6 Å². The highest BCUT2D eigenvalue weighted by atomic mass is 16.2. The molecule has 1 fully saturated rings. The first kappa shape index (κ1) is 19.1. The molecule has 8 nitrogen and oxygen atoms in total. The van der Waals surface area contributed by atoms with Crippen molar-refractivity contribution in [3.8, 4) is 0 Å². The quantitative estimate of drug-likeness (QED) is 0.844. The molecule has 0 aromatic carbocycles.